The van der Waals surface area contributed by atoms with Crippen molar-refractivity contribution in [2.24, 2.45) is 5.73 Å². The number of amides is 1. The summed E-state index contributed by atoms with van der Waals surface area (Å²) >= 11 is 0. The van der Waals surface area contributed by atoms with E-state index in [1.54, 1.807) is 13.2 Å². The number of methoxy groups -OCH3 is 1. The molecular weight excluding hydrogens is 266 g/mol. The molecule has 2 N–H and O–H groups in total. The first-order chi connectivity index (χ1) is 10.1. The van der Waals surface area contributed by atoms with Gasteiger partial charge >= 0.3 is 0 Å². The van der Waals surface area contributed by atoms with Crippen LogP contribution in [0.3, 0.4) is 0 Å². The molecule has 1 aromatic carbocycles. The van der Waals surface area contributed by atoms with Gasteiger partial charge < -0.3 is 10.5 Å². The number of nitrogens with zero attached hydrogens (tertiary/aromatic N) is 2. The third kappa shape index (κ3) is 3.96. The maximum absolute atomic E-state index is 11.3. The minimum absolute atomic E-state index is 0.262. The lowest BCUT2D eigenvalue weighted by Crippen LogP contribution is -2.39. The Hall–Kier alpha value is -2.06. The van der Waals surface area contributed by atoms with Crippen LogP contribution in [0.2, 0.25) is 0 Å². The first-order valence-electron chi connectivity index (χ1n) is 7.23. The van der Waals surface area contributed by atoms with Crippen LogP contribution in [-0.2, 0) is 11.3 Å². The van der Waals surface area contributed by atoms with Crippen molar-refractivity contribution in [1.29, 1.82) is 5.26 Å². The van der Waals surface area contributed by atoms with Gasteiger partial charge in [-0.05, 0) is 30.5 Å². The number of primary amides is 1. The predicted molar refractivity (Wildman–Crippen MR) is 79.6 cm³/mol. The minimum atomic E-state index is -0.309. The molecule has 0 saturated heterocycles. The van der Waals surface area contributed by atoms with Gasteiger partial charge in [-0.25, -0.2) is 0 Å². The van der Waals surface area contributed by atoms with Crippen LogP contribution >= 0.6 is 0 Å². The molecule has 0 radical (unpaired) electrons. The number of nitrogens with two attached hydrogens (primary N) is 1. The monoisotopic (exact) mass is 287 g/mol. The lowest BCUT2D eigenvalue weighted by Gasteiger charge is -2.27. The standard InChI is InChI=1S/C16H21N3O2/c1-21-15-7-6-12(8-13(15)9-17)10-19(11-16(18)20)14-4-2-3-5-14/h6-8,14H,2-5,10-11H2,1H3,(H2,18,20). The summed E-state index contributed by atoms with van der Waals surface area (Å²) in [5.41, 5.74) is 6.88. The Bertz CT molecular complexity index is 545. The fourth-order valence-electron chi connectivity index (χ4n) is 2.96. The number of nitriles is 1. The molecule has 0 aromatic heterocycles. The highest BCUT2D eigenvalue weighted by Gasteiger charge is 2.24. The maximum atomic E-state index is 11.3. The zero-order valence-electron chi connectivity index (χ0n) is 12.3. The third-order valence-corrected chi connectivity index (χ3v) is 3.97. The van der Waals surface area contributed by atoms with Gasteiger partial charge in [0.2, 0.25) is 5.91 Å². The number of benzene rings is 1. The average molecular weight is 287 g/mol. The SMILES string of the molecule is COc1ccc(CN(CC(N)=O)C2CCCC2)cc1C#N. The van der Waals surface area contributed by atoms with Crippen molar-refractivity contribution in [3.63, 3.8) is 0 Å². The second-order valence-electron chi connectivity index (χ2n) is 5.46. The number of ether oxygens (including phenoxy) is 1. The molecule has 1 fully saturated rings. The van der Waals surface area contributed by atoms with E-state index in [9.17, 15) is 4.79 Å². The molecule has 0 bridgehead atoms. The van der Waals surface area contributed by atoms with Gasteiger partial charge in [0.05, 0.1) is 19.2 Å². The van der Waals surface area contributed by atoms with Crippen molar-refractivity contribution in [2.75, 3.05) is 13.7 Å². The summed E-state index contributed by atoms with van der Waals surface area (Å²) in [4.78, 5) is 13.4. The second-order valence-corrected chi connectivity index (χ2v) is 5.46. The Morgan fingerprint density at radius 2 is 2.19 bits per heavy atom. The van der Waals surface area contributed by atoms with Crippen LogP contribution < -0.4 is 10.5 Å². The molecule has 1 aliphatic carbocycles. The van der Waals surface area contributed by atoms with Gasteiger partial charge in [0, 0.05) is 12.6 Å². The van der Waals surface area contributed by atoms with Crippen LogP contribution in [0.5, 0.6) is 5.75 Å². The van der Waals surface area contributed by atoms with Crippen LogP contribution in [0.1, 0.15) is 36.8 Å². The van der Waals surface area contributed by atoms with Crippen molar-refractivity contribution >= 4 is 5.91 Å². The molecule has 0 unspecified atom stereocenters. The van der Waals surface area contributed by atoms with Gasteiger partial charge in [0.25, 0.3) is 0 Å². The Kier molecular flexibility index (Phi) is 5.18. The van der Waals surface area contributed by atoms with E-state index >= 15 is 0 Å². The van der Waals surface area contributed by atoms with Crippen molar-refractivity contribution in [3.8, 4) is 11.8 Å². The van der Waals surface area contributed by atoms with Crippen LogP contribution in [0.25, 0.3) is 0 Å². The van der Waals surface area contributed by atoms with Crippen LogP contribution in [-0.4, -0.2) is 30.5 Å². The normalized spacial score (nSPS) is 15.1. The highest BCUT2D eigenvalue weighted by atomic mass is 16.5. The maximum Gasteiger partial charge on any atom is 0.231 e. The second kappa shape index (κ2) is 7.09. The summed E-state index contributed by atoms with van der Waals surface area (Å²) in [6.07, 6.45) is 4.61. The summed E-state index contributed by atoms with van der Waals surface area (Å²) in [6, 6.07) is 8.09. The fraction of sp³-hybridized carbons (Fsp3) is 0.500. The average Bonchev–Trinajstić information content (AvgIpc) is 3.00. The molecule has 21 heavy (non-hydrogen) atoms. The molecule has 1 saturated carbocycles. The lowest BCUT2D eigenvalue weighted by molar-refractivity contribution is -0.119. The van der Waals surface area contributed by atoms with Crippen molar-refractivity contribution in [3.05, 3.63) is 29.3 Å². The van der Waals surface area contributed by atoms with E-state index in [1.165, 1.54) is 12.8 Å². The summed E-state index contributed by atoms with van der Waals surface area (Å²) in [5, 5.41) is 9.15. The molecule has 0 spiro atoms. The number of hydrogen-bond acceptors (Lipinski definition) is 4. The molecule has 0 aliphatic heterocycles. The van der Waals surface area contributed by atoms with E-state index in [-0.39, 0.29) is 12.5 Å². The van der Waals surface area contributed by atoms with Gasteiger partial charge in [0.15, 0.2) is 0 Å². The van der Waals surface area contributed by atoms with Crippen molar-refractivity contribution < 1.29 is 9.53 Å². The van der Waals surface area contributed by atoms with Crippen LogP contribution in [0.4, 0.5) is 0 Å². The Labute approximate surface area is 125 Å². The fourth-order valence-corrected chi connectivity index (χ4v) is 2.96. The van der Waals surface area contributed by atoms with Gasteiger partial charge in [-0.15, -0.1) is 0 Å². The predicted octanol–water partition coefficient (Wildman–Crippen LogP) is 1.80. The first-order valence-corrected chi connectivity index (χ1v) is 7.23. The van der Waals surface area contributed by atoms with Crippen molar-refractivity contribution in [1.82, 2.24) is 4.90 Å². The summed E-state index contributed by atoms with van der Waals surface area (Å²) < 4.78 is 5.15. The quantitative estimate of drug-likeness (QED) is 0.865. The number of carbonyl (C=O) groups is 1. The molecule has 5 heteroatoms. The summed E-state index contributed by atoms with van der Waals surface area (Å²) in [7, 11) is 1.55. The first kappa shape index (κ1) is 15.3. The molecule has 1 aliphatic rings. The van der Waals surface area contributed by atoms with E-state index in [4.69, 9.17) is 15.7 Å². The molecule has 2 rings (SSSR count). The summed E-state index contributed by atoms with van der Waals surface area (Å²) in [5.74, 6) is 0.263. The number of rotatable bonds is 6. The molecule has 1 amide bonds. The number of carbonyl (C=O) groups excluding carboxylic acids is 1. The van der Waals surface area contributed by atoms with Gasteiger partial charge in [-0.2, -0.15) is 5.26 Å². The van der Waals surface area contributed by atoms with Gasteiger partial charge in [0.1, 0.15) is 11.8 Å². The molecular formula is C16H21N3O2. The Morgan fingerprint density at radius 1 is 1.48 bits per heavy atom. The third-order valence-electron chi connectivity index (χ3n) is 3.97. The van der Waals surface area contributed by atoms with Crippen molar-refractivity contribution in [2.45, 2.75) is 38.3 Å². The van der Waals surface area contributed by atoms with E-state index < -0.39 is 0 Å². The summed E-state index contributed by atoms with van der Waals surface area (Å²) in [6.45, 7) is 0.894. The van der Waals surface area contributed by atoms with E-state index in [2.05, 4.69) is 11.0 Å². The molecule has 0 heterocycles. The van der Waals surface area contributed by atoms with E-state index in [1.807, 2.05) is 12.1 Å². The Balaban J connectivity index is 2.15. The molecule has 1 aromatic rings. The minimum Gasteiger partial charge on any atom is -0.495 e. The zero-order valence-corrected chi connectivity index (χ0v) is 12.3. The molecule has 112 valence electrons. The van der Waals surface area contributed by atoms with Crippen LogP contribution in [0.15, 0.2) is 18.2 Å². The number of hydrogen-bond donors (Lipinski definition) is 1. The van der Waals surface area contributed by atoms with Gasteiger partial charge in [-0.3, -0.25) is 9.69 Å². The highest BCUT2D eigenvalue weighted by Crippen LogP contribution is 2.26. The lowest BCUT2D eigenvalue weighted by atomic mass is 10.1. The molecule has 5 nitrogen and oxygen atoms in total. The highest BCUT2D eigenvalue weighted by molar-refractivity contribution is 5.76. The topological polar surface area (TPSA) is 79.3 Å². The van der Waals surface area contributed by atoms with Crippen LogP contribution in [0, 0.1) is 11.3 Å². The molecule has 0 atom stereocenters. The van der Waals surface area contributed by atoms with E-state index in [0.29, 0.717) is 23.9 Å². The largest absolute Gasteiger partial charge is 0.495 e. The van der Waals surface area contributed by atoms with Gasteiger partial charge in [-0.1, -0.05) is 18.9 Å². The van der Waals surface area contributed by atoms with E-state index in [0.717, 1.165) is 18.4 Å². The Morgan fingerprint density at radius 3 is 2.76 bits per heavy atom. The zero-order chi connectivity index (χ0) is 15.2. The smallest absolute Gasteiger partial charge is 0.231 e.